The Labute approximate surface area is 501 Å². The number of fused-ring (bicyclic) bond motifs is 5. The van der Waals surface area contributed by atoms with E-state index in [-0.39, 0.29) is 11.6 Å². The van der Waals surface area contributed by atoms with Gasteiger partial charge in [-0.15, -0.1) is 18.8 Å². The SMILES string of the molecule is C#CC.C#Cc1cc(F)c2[nH]ncc2c1.COc1ccc2c(c1)CN(c1nccc(-c3nccc(Br)n3)n1)C2.COc1ccc2c(c1)CN(c1nccc(-c3nccc(C#Cc4cc(F)c5[nH]ncc5c4)n3)n1)C2.Fc1cc(Br)cc2cn[nH]c12. The minimum Gasteiger partial charge on any atom is -0.497 e. The molecule has 0 bridgehead atoms. The predicted molar refractivity (Wildman–Crippen MR) is 324 cm³/mol. The van der Waals surface area contributed by atoms with Gasteiger partial charge in [0.05, 0.1) is 32.8 Å². The van der Waals surface area contributed by atoms with E-state index in [1.165, 1.54) is 40.5 Å². The second-order valence-corrected chi connectivity index (χ2v) is 20.2. The number of ether oxygens (including phenoxy) is 2. The van der Waals surface area contributed by atoms with Gasteiger partial charge in [-0.25, -0.2) is 53.0 Å². The molecule has 2 aliphatic rings. The summed E-state index contributed by atoms with van der Waals surface area (Å²) in [5, 5.41) is 21.2. The summed E-state index contributed by atoms with van der Waals surface area (Å²) < 4.78 is 52.4. The molecule has 14 rings (SSSR count). The Balaban J connectivity index is 0.000000137. The van der Waals surface area contributed by atoms with Crippen LogP contribution in [-0.4, -0.2) is 84.7 Å². The molecule has 7 aromatic heterocycles. The fourth-order valence-electron chi connectivity index (χ4n) is 8.84. The minimum atomic E-state index is -0.399. The monoisotopic (exact) mass is 1260 g/mol. The zero-order valence-corrected chi connectivity index (χ0v) is 48.5. The van der Waals surface area contributed by atoms with E-state index < -0.39 is 5.82 Å². The van der Waals surface area contributed by atoms with Crippen LogP contribution in [-0.2, 0) is 26.2 Å². The molecule has 0 aliphatic carbocycles. The van der Waals surface area contributed by atoms with Gasteiger partial charge in [0.25, 0.3) is 0 Å². The highest BCUT2D eigenvalue weighted by Crippen LogP contribution is 2.32. The van der Waals surface area contributed by atoms with Crippen LogP contribution in [0.2, 0.25) is 0 Å². The highest BCUT2D eigenvalue weighted by Gasteiger charge is 2.24. The Bertz CT molecular complexity index is 4550. The molecule has 3 N–H and O–H groups in total. The summed E-state index contributed by atoms with van der Waals surface area (Å²) in [6.07, 6.45) is 21.2. The minimum absolute atomic E-state index is 0.285. The third kappa shape index (κ3) is 13.9. The first-order chi connectivity index (χ1) is 41.4. The molecule has 0 amide bonds. The number of H-pyrrole nitrogens is 3. The Morgan fingerprint density at radius 1 is 0.506 bits per heavy atom. The summed E-state index contributed by atoms with van der Waals surface area (Å²) in [4.78, 5) is 40.0. The van der Waals surface area contributed by atoms with Gasteiger partial charge in [-0.05, 0) is 136 Å². The lowest BCUT2D eigenvalue weighted by atomic mass is 10.1. The van der Waals surface area contributed by atoms with Crippen LogP contribution in [0.1, 0.15) is 46.0 Å². The summed E-state index contributed by atoms with van der Waals surface area (Å²) >= 11 is 6.55. The van der Waals surface area contributed by atoms with Crippen LogP contribution in [0.4, 0.5) is 25.1 Å². The van der Waals surface area contributed by atoms with Crippen molar-refractivity contribution in [2.45, 2.75) is 33.1 Å². The number of nitrogens with zero attached hydrogens (tertiary/aromatic N) is 13. The molecule has 0 saturated carbocycles. The lowest BCUT2D eigenvalue weighted by molar-refractivity contribution is 0.414. The normalized spacial score (nSPS) is 11.6. The van der Waals surface area contributed by atoms with Gasteiger partial charge < -0.3 is 19.3 Å². The summed E-state index contributed by atoms with van der Waals surface area (Å²) in [6, 6.07) is 28.7. The number of hydrogen-bond donors (Lipinski definition) is 3. The van der Waals surface area contributed by atoms with Gasteiger partial charge in [0.15, 0.2) is 11.6 Å². The highest BCUT2D eigenvalue weighted by atomic mass is 79.9. The first kappa shape index (κ1) is 57.7. The molecule has 0 atom stereocenters. The average molecular weight is 1260 g/mol. The first-order valence-electron chi connectivity index (χ1n) is 25.6. The van der Waals surface area contributed by atoms with Crippen LogP contribution in [0, 0.1) is 54.0 Å². The van der Waals surface area contributed by atoms with E-state index in [9.17, 15) is 13.2 Å². The molecule has 23 heteroatoms. The van der Waals surface area contributed by atoms with E-state index in [4.69, 9.17) is 20.9 Å². The van der Waals surface area contributed by atoms with Crippen molar-refractivity contribution in [1.82, 2.24) is 70.5 Å². The number of rotatable bonds is 6. The molecule has 9 heterocycles. The number of benzene rings is 5. The number of nitrogens with one attached hydrogen (secondary N) is 3. The van der Waals surface area contributed by atoms with Crippen molar-refractivity contribution in [3.05, 3.63) is 206 Å². The molecule has 0 saturated heterocycles. The number of terminal acetylenes is 2. The van der Waals surface area contributed by atoms with Crippen molar-refractivity contribution in [2.75, 3.05) is 24.0 Å². The maximum absolute atomic E-state index is 14.2. The van der Waals surface area contributed by atoms with Crippen LogP contribution in [0.3, 0.4) is 0 Å². The van der Waals surface area contributed by atoms with Crippen LogP contribution in [0.25, 0.3) is 55.7 Å². The zero-order chi connectivity index (χ0) is 59.4. The summed E-state index contributed by atoms with van der Waals surface area (Å²) in [7, 11) is 3.34. The molecule has 18 nitrogen and oxygen atoms in total. The van der Waals surface area contributed by atoms with Gasteiger partial charge >= 0.3 is 0 Å². The topological polar surface area (TPSA) is 214 Å². The first-order valence-corrected chi connectivity index (χ1v) is 27.2. The molecule has 420 valence electrons. The Kier molecular flexibility index (Phi) is 18.0. The maximum atomic E-state index is 14.2. The van der Waals surface area contributed by atoms with Gasteiger partial charge in [-0.1, -0.05) is 39.9 Å². The molecule has 5 aromatic carbocycles. The van der Waals surface area contributed by atoms with Crippen molar-refractivity contribution >= 4 is 76.5 Å². The summed E-state index contributed by atoms with van der Waals surface area (Å²) in [5.41, 5.74) is 8.99. The fourth-order valence-corrected chi connectivity index (χ4v) is 9.57. The van der Waals surface area contributed by atoms with E-state index in [0.717, 1.165) is 39.1 Å². The van der Waals surface area contributed by atoms with E-state index in [2.05, 4.69) is 155 Å². The number of methoxy groups -OCH3 is 2. The Hall–Kier alpha value is -10.5. The number of halogens is 5. The Morgan fingerprint density at radius 2 is 0.965 bits per heavy atom. The lowest BCUT2D eigenvalue weighted by Crippen LogP contribution is -2.17. The quantitative estimate of drug-likeness (QED) is 0.104. The van der Waals surface area contributed by atoms with Crippen molar-refractivity contribution in [2.24, 2.45) is 0 Å². The van der Waals surface area contributed by atoms with Crippen molar-refractivity contribution in [3.63, 3.8) is 0 Å². The van der Waals surface area contributed by atoms with Crippen LogP contribution in [0.15, 0.2) is 150 Å². The summed E-state index contributed by atoms with van der Waals surface area (Å²) in [5.74, 6) is 13.5. The number of hydrogen-bond acceptors (Lipinski definition) is 15. The molecular formula is C62H45Br2F3N16O2. The van der Waals surface area contributed by atoms with Gasteiger partial charge in [-0.2, -0.15) is 15.3 Å². The lowest BCUT2D eigenvalue weighted by Gasteiger charge is -2.15. The van der Waals surface area contributed by atoms with Crippen molar-refractivity contribution < 1.29 is 22.6 Å². The largest absolute Gasteiger partial charge is 0.497 e. The third-order valence-corrected chi connectivity index (χ3v) is 13.7. The molecular weight excluding hydrogens is 1220 g/mol. The van der Waals surface area contributed by atoms with Crippen molar-refractivity contribution in [3.8, 4) is 71.1 Å². The van der Waals surface area contributed by atoms with Crippen LogP contribution >= 0.6 is 31.9 Å². The predicted octanol–water partition coefficient (Wildman–Crippen LogP) is 11.9. The summed E-state index contributed by atoms with van der Waals surface area (Å²) in [6.45, 7) is 4.60. The molecule has 0 fully saturated rings. The molecule has 2 aliphatic heterocycles. The van der Waals surface area contributed by atoms with Crippen molar-refractivity contribution in [1.29, 1.82) is 0 Å². The van der Waals surface area contributed by atoms with Crippen LogP contribution in [0.5, 0.6) is 11.5 Å². The third-order valence-electron chi connectivity index (χ3n) is 12.8. The second kappa shape index (κ2) is 26.6. The molecule has 0 spiro atoms. The number of anilines is 2. The molecule has 0 radical (unpaired) electrons. The Morgan fingerprint density at radius 3 is 1.48 bits per heavy atom. The number of aromatic nitrogens is 14. The molecule has 12 aromatic rings. The van der Waals surface area contributed by atoms with Gasteiger partial charge in [0.2, 0.25) is 11.9 Å². The van der Waals surface area contributed by atoms with Gasteiger partial charge in [0, 0.05) is 82.7 Å². The second-order valence-electron chi connectivity index (χ2n) is 18.4. The standard InChI is InChI=1S/C26H18FN7O.C17H14BrN5O.C9H5FN2.C7H4BrFN2.C3H4/c1-35-21-5-3-17-14-34(15-19(17)12-21)26-29-9-7-23(32-26)25-28-8-6-20(31-25)4-2-16-10-18-13-30-33-24(18)22(27)11-16;1-24-13-3-2-11-9-23(10-12(11)8-13)17-20-6-4-14(21-17)16-19-7-5-15(18)22-16;1-2-6-3-7-5-11-12-9(7)8(10)4-6;8-5-1-4-3-10-11-7(4)6(9)2-5;1-3-2/h3,5-13H,14-15H2,1H3,(H,30,33);2-8H,9-10H2,1H3;1,3-5H,(H,11,12);1-3H,(H,10,11);1H,2H3. The van der Waals surface area contributed by atoms with E-state index in [1.54, 1.807) is 94.9 Å². The molecule has 85 heavy (non-hydrogen) atoms. The fraction of sp³-hybridized carbons (Fsp3) is 0.113. The van der Waals surface area contributed by atoms with Gasteiger partial charge in [-0.3, -0.25) is 15.3 Å². The molecule has 0 unspecified atom stereocenters. The zero-order valence-electron chi connectivity index (χ0n) is 45.3. The van der Waals surface area contributed by atoms with Crippen LogP contribution < -0.4 is 19.3 Å². The maximum Gasteiger partial charge on any atom is 0.226 e. The van der Waals surface area contributed by atoms with Gasteiger partial charge in [0.1, 0.15) is 67.2 Å². The number of aromatic amines is 3. The van der Waals surface area contributed by atoms with E-state index in [1.807, 2.05) is 30.3 Å². The average Bonchev–Trinajstić information content (AvgIpc) is 3.97. The van der Waals surface area contributed by atoms with E-state index >= 15 is 0 Å². The smallest absolute Gasteiger partial charge is 0.226 e. The van der Waals surface area contributed by atoms with E-state index in [0.29, 0.717) is 92.2 Å². The highest BCUT2D eigenvalue weighted by molar-refractivity contribution is 9.10.